The van der Waals surface area contributed by atoms with Gasteiger partial charge >= 0.3 is 80.5 Å². The molecule has 0 aliphatic heterocycles. The van der Waals surface area contributed by atoms with Crippen molar-refractivity contribution in [1.29, 1.82) is 0 Å². The molecular formula is C8H7BrOSe. The Bertz CT molecular complexity index is 255. The van der Waals surface area contributed by atoms with Crippen molar-refractivity contribution in [2.75, 3.05) is 0 Å². The maximum absolute atomic E-state index is 10.7. The van der Waals surface area contributed by atoms with Crippen LogP contribution >= 0.6 is 15.9 Å². The second-order valence-corrected chi connectivity index (χ2v) is 5.59. The molecule has 0 saturated carbocycles. The summed E-state index contributed by atoms with van der Waals surface area (Å²) in [6.45, 7) is 1.63. The molecule has 0 amide bonds. The molecule has 1 nitrogen and oxygen atoms in total. The van der Waals surface area contributed by atoms with E-state index in [1.807, 2.05) is 24.3 Å². The molecule has 0 saturated heterocycles. The van der Waals surface area contributed by atoms with Crippen LogP contribution in [-0.2, 0) is 4.79 Å². The molecule has 0 radical (unpaired) electrons. The average molecular weight is 278 g/mol. The first kappa shape index (κ1) is 8.98. The van der Waals surface area contributed by atoms with Crippen LogP contribution in [0.25, 0.3) is 0 Å². The molecule has 0 heterocycles. The Morgan fingerprint density at radius 3 is 2.36 bits per heavy atom. The van der Waals surface area contributed by atoms with Gasteiger partial charge in [-0.05, 0) is 0 Å². The van der Waals surface area contributed by atoms with Crippen molar-refractivity contribution in [3.8, 4) is 0 Å². The van der Waals surface area contributed by atoms with Crippen LogP contribution in [0.4, 0.5) is 0 Å². The van der Waals surface area contributed by atoms with Crippen molar-refractivity contribution in [1.82, 2.24) is 0 Å². The van der Waals surface area contributed by atoms with Gasteiger partial charge in [0, 0.05) is 0 Å². The normalized spacial score (nSPS) is 9.64. The number of benzene rings is 1. The molecule has 0 bridgehead atoms. The molecule has 0 spiro atoms. The van der Waals surface area contributed by atoms with Gasteiger partial charge in [0.1, 0.15) is 0 Å². The zero-order valence-corrected chi connectivity index (χ0v) is 9.30. The minimum atomic E-state index is 0.000694. The van der Waals surface area contributed by atoms with Crippen molar-refractivity contribution in [2.45, 2.75) is 6.92 Å². The second kappa shape index (κ2) is 4.05. The SMILES string of the molecule is CC(=O)[Se]c1ccc(Br)cc1. The molecule has 0 unspecified atom stereocenters. The van der Waals surface area contributed by atoms with Crippen LogP contribution in [-0.4, -0.2) is 19.6 Å². The zero-order valence-electron chi connectivity index (χ0n) is 6.00. The van der Waals surface area contributed by atoms with E-state index >= 15 is 0 Å². The van der Waals surface area contributed by atoms with E-state index in [4.69, 9.17) is 0 Å². The third-order valence-electron chi connectivity index (χ3n) is 1.08. The summed E-state index contributed by atoms with van der Waals surface area (Å²) < 4.78 is 2.45. The van der Waals surface area contributed by atoms with Crippen LogP contribution in [0.2, 0.25) is 0 Å². The molecule has 1 aromatic rings. The summed E-state index contributed by atoms with van der Waals surface area (Å²) in [4.78, 5) is 10.7. The van der Waals surface area contributed by atoms with Crippen molar-refractivity contribution in [2.24, 2.45) is 0 Å². The van der Waals surface area contributed by atoms with Crippen LogP contribution in [0.5, 0.6) is 0 Å². The van der Waals surface area contributed by atoms with E-state index in [1.54, 1.807) is 6.92 Å². The Morgan fingerprint density at radius 2 is 1.91 bits per heavy atom. The van der Waals surface area contributed by atoms with Gasteiger partial charge in [0.15, 0.2) is 0 Å². The predicted molar refractivity (Wildman–Crippen MR) is 50.2 cm³/mol. The van der Waals surface area contributed by atoms with Gasteiger partial charge in [-0.2, -0.15) is 0 Å². The summed E-state index contributed by atoms with van der Waals surface area (Å²) >= 11 is 3.33. The molecule has 0 aliphatic carbocycles. The van der Waals surface area contributed by atoms with Gasteiger partial charge < -0.3 is 0 Å². The minimum absolute atomic E-state index is 0.000694. The summed E-state index contributed by atoms with van der Waals surface area (Å²) in [5, 5.41) is 0. The third kappa shape index (κ3) is 3.19. The molecule has 0 N–H and O–H groups in total. The molecule has 0 aromatic heterocycles. The van der Waals surface area contributed by atoms with Gasteiger partial charge in [0.25, 0.3) is 0 Å². The second-order valence-electron chi connectivity index (χ2n) is 2.05. The quantitative estimate of drug-likeness (QED) is 0.746. The van der Waals surface area contributed by atoms with E-state index in [0.717, 1.165) is 8.93 Å². The van der Waals surface area contributed by atoms with Crippen LogP contribution in [0.1, 0.15) is 6.92 Å². The number of carbonyl (C=O) groups is 1. The fourth-order valence-electron chi connectivity index (χ4n) is 0.669. The molecule has 3 heteroatoms. The summed E-state index contributed by atoms with van der Waals surface area (Å²) in [5.41, 5.74) is 0. The van der Waals surface area contributed by atoms with E-state index < -0.39 is 0 Å². The van der Waals surface area contributed by atoms with Gasteiger partial charge in [0.05, 0.1) is 0 Å². The molecule has 0 atom stereocenters. The van der Waals surface area contributed by atoms with Gasteiger partial charge in [-0.15, -0.1) is 0 Å². The van der Waals surface area contributed by atoms with Gasteiger partial charge in [0.2, 0.25) is 0 Å². The van der Waals surface area contributed by atoms with Crippen LogP contribution in [0.3, 0.4) is 0 Å². The number of rotatable bonds is 2. The summed E-state index contributed by atoms with van der Waals surface area (Å²) in [6, 6.07) is 7.87. The number of carbonyl (C=O) groups excluding carboxylic acids is 1. The summed E-state index contributed by atoms with van der Waals surface area (Å²) in [6.07, 6.45) is 0. The van der Waals surface area contributed by atoms with E-state index in [9.17, 15) is 4.79 Å². The van der Waals surface area contributed by atoms with Crippen LogP contribution < -0.4 is 4.46 Å². The fourth-order valence-corrected chi connectivity index (χ4v) is 2.20. The van der Waals surface area contributed by atoms with Crippen LogP contribution in [0, 0.1) is 0 Å². The first-order chi connectivity index (χ1) is 5.18. The Balaban J connectivity index is 2.74. The van der Waals surface area contributed by atoms with Gasteiger partial charge in [-0.25, -0.2) is 0 Å². The summed E-state index contributed by atoms with van der Waals surface area (Å²) in [7, 11) is 0. The van der Waals surface area contributed by atoms with E-state index in [0.29, 0.717) is 0 Å². The first-order valence-corrected chi connectivity index (χ1v) is 5.63. The zero-order chi connectivity index (χ0) is 8.27. The molecule has 0 fully saturated rings. The Hall–Kier alpha value is -0.111. The Labute approximate surface area is 80.5 Å². The molecule has 0 aliphatic rings. The van der Waals surface area contributed by atoms with Crippen molar-refractivity contribution >= 4 is 40.0 Å². The number of hydrogen-bond acceptors (Lipinski definition) is 1. The van der Waals surface area contributed by atoms with E-state index in [1.165, 1.54) is 0 Å². The first-order valence-electron chi connectivity index (χ1n) is 3.12. The summed E-state index contributed by atoms with van der Waals surface area (Å²) in [5.74, 6) is 0. The van der Waals surface area contributed by atoms with Crippen molar-refractivity contribution < 1.29 is 4.79 Å². The number of halogens is 1. The monoisotopic (exact) mass is 278 g/mol. The van der Waals surface area contributed by atoms with Crippen molar-refractivity contribution in [3.05, 3.63) is 28.7 Å². The molecular weight excluding hydrogens is 271 g/mol. The third-order valence-corrected chi connectivity index (χ3v) is 3.27. The predicted octanol–water partition coefficient (Wildman–Crippen LogP) is 1.33. The Kier molecular flexibility index (Phi) is 3.31. The molecule has 1 aromatic carbocycles. The molecule has 1 rings (SSSR count). The topological polar surface area (TPSA) is 17.1 Å². The standard InChI is InChI=1S/C8H7BrOSe/c1-6(10)11-8-4-2-7(9)3-5-8/h2-5H,1H3. The van der Waals surface area contributed by atoms with Crippen molar-refractivity contribution in [3.63, 3.8) is 0 Å². The fraction of sp³-hybridized carbons (Fsp3) is 0.125. The van der Waals surface area contributed by atoms with E-state index in [2.05, 4.69) is 15.9 Å². The Morgan fingerprint density at radius 1 is 1.36 bits per heavy atom. The van der Waals surface area contributed by atoms with Gasteiger partial charge in [-0.3, -0.25) is 0 Å². The molecule has 11 heavy (non-hydrogen) atoms. The van der Waals surface area contributed by atoms with E-state index in [-0.39, 0.29) is 19.6 Å². The average Bonchev–Trinajstić information content (AvgIpc) is 1.93. The van der Waals surface area contributed by atoms with Gasteiger partial charge in [-0.1, -0.05) is 0 Å². The number of hydrogen-bond donors (Lipinski definition) is 0. The molecule has 58 valence electrons. The maximum atomic E-state index is 10.7. The van der Waals surface area contributed by atoms with Crippen LogP contribution in [0.15, 0.2) is 28.7 Å².